The molecule has 0 saturated heterocycles. The number of ether oxygens (including phenoxy) is 2. The zero-order chi connectivity index (χ0) is 15.3. The van der Waals surface area contributed by atoms with E-state index in [9.17, 15) is 9.90 Å². The monoisotopic (exact) mass is 284 g/mol. The number of hydrogen-bond acceptors (Lipinski definition) is 5. The second-order valence-electron chi connectivity index (χ2n) is 4.72. The Kier molecular flexibility index (Phi) is 6.01. The van der Waals surface area contributed by atoms with Gasteiger partial charge in [-0.25, -0.2) is 4.68 Å². The van der Waals surface area contributed by atoms with Crippen LogP contribution in [-0.4, -0.2) is 34.6 Å². The largest absolute Gasteiger partial charge is 0.481 e. The van der Waals surface area contributed by atoms with Gasteiger partial charge in [-0.2, -0.15) is 5.10 Å². The molecule has 114 valence electrons. The Labute approximate surface area is 119 Å². The zero-order valence-corrected chi connectivity index (χ0v) is 12.8. The average Bonchev–Trinajstić information content (AvgIpc) is 2.69. The Hall–Kier alpha value is -1.56. The van der Waals surface area contributed by atoms with Crippen molar-refractivity contribution in [1.82, 2.24) is 9.78 Å². The summed E-state index contributed by atoms with van der Waals surface area (Å²) in [6, 6.07) is 0. The average molecular weight is 284 g/mol. The summed E-state index contributed by atoms with van der Waals surface area (Å²) < 4.78 is 11.9. The number of esters is 1. The lowest BCUT2D eigenvalue weighted by molar-refractivity contribution is -0.152. The summed E-state index contributed by atoms with van der Waals surface area (Å²) in [5.74, 6) is -0.510. The van der Waals surface area contributed by atoms with E-state index in [-0.39, 0.29) is 5.97 Å². The van der Waals surface area contributed by atoms with Crippen molar-refractivity contribution < 1.29 is 19.4 Å². The Morgan fingerprint density at radius 3 is 2.60 bits per heavy atom. The molecule has 20 heavy (non-hydrogen) atoms. The van der Waals surface area contributed by atoms with E-state index >= 15 is 0 Å². The lowest BCUT2D eigenvalue weighted by Crippen LogP contribution is -2.25. The van der Waals surface area contributed by atoms with Crippen LogP contribution >= 0.6 is 0 Å². The van der Waals surface area contributed by atoms with Gasteiger partial charge in [0.05, 0.1) is 37.0 Å². The summed E-state index contributed by atoms with van der Waals surface area (Å²) in [6.07, 6.45) is 0.359. The first-order valence-electron chi connectivity index (χ1n) is 6.90. The van der Waals surface area contributed by atoms with Gasteiger partial charge in [-0.05, 0) is 20.3 Å². The van der Waals surface area contributed by atoms with Crippen molar-refractivity contribution in [3.8, 4) is 5.88 Å². The maximum absolute atomic E-state index is 12.0. The molecule has 1 aromatic heterocycles. The lowest BCUT2D eigenvalue weighted by Gasteiger charge is -2.21. The molecule has 0 aliphatic rings. The summed E-state index contributed by atoms with van der Waals surface area (Å²) >= 11 is 0. The minimum absolute atomic E-state index is 0.301. The zero-order valence-electron chi connectivity index (χ0n) is 12.8. The third-order valence-electron chi connectivity index (χ3n) is 3.27. The van der Waals surface area contributed by atoms with E-state index in [4.69, 9.17) is 9.47 Å². The van der Waals surface area contributed by atoms with E-state index in [1.807, 2.05) is 6.92 Å². The Morgan fingerprint density at radius 1 is 1.45 bits per heavy atom. The van der Waals surface area contributed by atoms with Crippen molar-refractivity contribution in [1.29, 1.82) is 0 Å². The number of hydrogen-bond donors (Lipinski definition) is 1. The van der Waals surface area contributed by atoms with Gasteiger partial charge >= 0.3 is 5.97 Å². The van der Waals surface area contributed by atoms with Crippen LogP contribution in [0.3, 0.4) is 0 Å². The van der Waals surface area contributed by atoms with E-state index in [0.29, 0.717) is 30.2 Å². The van der Waals surface area contributed by atoms with Crippen LogP contribution in [0, 0.1) is 12.8 Å². The Morgan fingerprint density at radius 2 is 2.10 bits per heavy atom. The fourth-order valence-electron chi connectivity index (χ4n) is 2.40. The summed E-state index contributed by atoms with van der Waals surface area (Å²) in [7, 11) is 3.26. The molecule has 2 unspecified atom stereocenters. The minimum atomic E-state index is -0.974. The first-order chi connectivity index (χ1) is 9.47. The summed E-state index contributed by atoms with van der Waals surface area (Å²) in [6.45, 7) is 5.81. The normalized spacial score (nSPS) is 13.9. The molecule has 0 radical (unpaired) electrons. The van der Waals surface area contributed by atoms with Crippen LogP contribution in [0.4, 0.5) is 0 Å². The quantitative estimate of drug-likeness (QED) is 0.772. The molecule has 1 heterocycles. The number of carbonyl (C=O) groups is 1. The predicted octanol–water partition coefficient (Wildman–Crippen LogP) is 1.75. The van der Waals surface area contributed by atoms with Crippen molar-refractivity contribution in [3.05, 3.63) is 11.3 Å². The molecular weight excluding hydrogens is 260 g/mol. The van der Waals surface area contributed by atoms with E-state index in [2.05, 4.69) is 5.10 Å². The highest BCUT2D eigenvalue weighted by Gasteiger charge is 2.33. The molecule has 1 rings (SSSR count). The van der Waals surface area contributed by atoms with Crippen molar-refractivity contribution in [2.45, 2.75) is 39.7 Å². The molecule has 2 atom stereocenters. The molecule has 1 aromatic rings. The molecule has 6 nitrogen and oxygen atoms in total. The molecule has 0 bridgehead atoms. The van der Waals surface area contributed by atoms with E-state index in [1.165, 1.54) is 7.11 Å². The van der Waals surface area contributed by atoms with Gasteiger partial charge in [0, 0.05) is 7.05 Å². The molecule has 0 aromatic carbocycles. The van der Waals surface area contributed by atoms with Crippen LogP contribution in [-0.2, 0) is 16.6 Å². The Balaban J connectivity index is 3.11. The van der Waals surface area contributed by atoms with Crippen molar-refractivity contribution in [2.75, 3.05) is 13.7 Å². The van der Waals surface area contributed by atoms with E-state index in [1.54, 1.807) is 25.6 Å². The second-order valence-corrected chi connectivity index (χ2v) is 4.72. The van der Waals surface area contributed by atoms with Crippen LogP contribution < -0.4 is 4.74 Å². The summed E-state index contributed by atoms with van der Waals surface area (Å²) in [5, 5.41) is 14.8. The number of rotatable bonds is 7. The van der Waals surface area contributed by atoms with Gasteiger partial charge in [0.15, 0.2) is 0 Å². The molecule has 0 amide bonds. The van der Waals surface area contributed by atoms with Gasteiger partial charge in [-0.15, -0.1) is 0 Å². The maximum atomic E-state index is 12.0. The van der Waals surface area contributed by atoms with Gasteiger partial charge in [-0.3, -0.25) is 4.79 Å². The van der Waals surface area contributed by atoms with Gasteiger partial charge < -0.3 is 14.6 Å². The van der Waals surface area contributed by atoms with E-state index < -0.39 is 12.0 Å². The molecule has 0 fully saturated rings. The maximum Gasteiger partial charge on any atom is 0.311 e. The van der Waals surface area contributed by atoms with Crippen LogP contribution in [0.15, 0.2) is 0 Å². The van der Waals surface area contributed by atoms with Gasteiger partial charge in [0.1, 0.15) is 0 Å². The van der Waals surface area contributed by atoms with Crippen LogP contribution in [0.1, 0.15) is 44.1 Å². The number of aliphatic hydroxyl groups is 1. The third-order valence-corrected chi connectivity index (χ3v) is 3.27. The number of carbonyl (C=O) groups excluding carboxylic acids is 1. The minimum Gasteiger partial charge on any atom is -0.481 e. The van der Waals surface area contributed by atoms with Crippen LogP contribution in [0.2, 0.25) is 0 Å². The fourth-order valence-corrected chi connectivity index (χ4v) is 2.40. The predicted molar refractivity (Wildman–Crippen MR) is 74.5 cm³/mol. The standard InChI is InChI=1S/C14H24N2O4/c1-6-8-10(14(18)20-7-2)12(17)11-9(3)15-16(4)13(11)19-5/h10,12,17H,6-8H2,1-5H3. The first kappa shape index (κ1) is 16.5. The van der Waals surface area contributed by atoms with Crippen molar-refractivity contribution >= 4 is 5.97 Å². The number of aromatic nitrogens is 2. The molecule has 0 aliphatic carbocycles. The second kappa shape index (κ2) is 7.28. The molecule has 1 N–H and O–H groups in total. The highest BCUT2D eigenvalue weighted by molar-refractivity contribution is 5.73. The third kappa shape index (κ3) is 3.30. The summed E-state index contributed by atoms with van der Waals surface area (Å²) in [4.78, 5) is 12.0. The van der Waals surface area contributed by atoms with Crippen LogP contribution in [0.5, 0.6) is 5.88 Å². The lowest BCUT2D eigenvalue weighted by atomic mass is 9.92. The fraction of sp³-hybridized carbons (Fsp3) is 0.714. The Bertz CT molecular complexity index is 456. The molecule has 0 aliphatic heterocycles. The SMILES string of the molecule is CCCC(C(=O)OCC)C(O)c1c(C)nn(C)c1OC. The highest BCUT2D eigenvalue weighted by Crippen LogP contribution is 2.35. The van der Waals surface area contributed by atoms with Gasteiger partial charge in [0.2, 0.25) is 5.88 Å². The smallest absolute Gasteiger partial charge is 0.311 e. The number of aryl methyl sites for hydroxylation is 2. The molecule has 6 heteroatoms. The highest BCUT2D eigenvalue weighted by atomic mass is 16.5. The summed E-state index contributed by atoms with van der Waals surface area (Å²) in [5.41, 5.74) is 1.21. The van der Waals surface area contributed by atoms with Crippen LogP contribution in [0.25, 0.3) is 0 Å². The van der Waals surface area contributed by atoms with Crippen molar-refractivity contribution in [3.63, 3.8) is 0 Å². The number of methoxy groups -OCH3 is 1. The topological polar surface area (TPSA) is 73.6 Å². The van der Waals surface area contributed by atoms with Crippen molar-refractivity contribution in [2.24, 2.45) is 13.0 Å². The first-order valence-corrected chi connectivity index (χ1v) is 6.90. The molecule has 0 spiro atoms. The molecular formula is C14H24N2O4. The number of aliphatic hydroxyl groups excluding tert-OH is 1. The van der Waals surface area contributed by atoms with Gasteiger partial charge in [-0.1, -0.05) is 13.3 Å². The number of nitrogens with zero attached hydrogens (tertiary/aromatic N) is 2. The van der Waals surface area contributed by atoms with E-state index in [0.717, 1.165) is 6.42 Å². The molecule has 0 saturated carbocycles. The van der Waals surface area contributed by atoms with Gasteiger partial charge in [0.25, 0.3) is 0 Å².